The van der Waals surface area contributed by atoms with Crippen LogP contribution in [0.25, 0.3) is 0 Å². The molecule has 46 heavy (non-hydrogen) atoms. The monoisotopic (exact) mass is 648 g/mol. The molecule has 0 bridgehead atoms. The number of likely N-dealkylation sites (tertiary alicyclic amines) is 1. The third-order valence-corrected chi connectivity index (χ3v) is 9.19. The maximum Gasteiger partial charge on any atom is 0.276 e. The number of anilines is 1. The lowest BCUT2D eigenvalue weighted by Crippen LogP contribution is -2.53. The van der Waals surface area contributed by atoms with Crippen LogP contribution in [0.1, 0.15) is 100 Å². The van der Waals surface area contributed by atoms with Gasteiger partial charge in [-0.1, -0.05) is 51.8 Å². The van der Waals surface area contributed by atoms with E-state index in [1.54, 1.807) is 20.8 Å². The normalized spacial score (nSPS) is 21.5. The number of hydrogen-bond acceptors (Lipinski definition) is 7. The van der Waals surface area contributed by atoms with Crippen molar-refractivity contribution in [2.75, 3.05) is 18.4 Å². The molecule has 1 aliphatic carbocycles. The summed E-state index contributed by atoms with van der Waals surface area (Å²) in [5, 5.41) is 15.5. The Hall–Kier alpha value is -3.97. The molecule has 1 saturated heterocycles. The molecule has 14 heteroatoms. The number of aromatic nitrogens is 2. The maximum absolute atomic E-state index is 15.5. The van der Waals surface area contributed by atoms with E-state index in [2.05, 4.69) is 33.2 Å². The molecule has 0 unspecified atom stereocenters. The summed E-state index contributed by atoms with van der Waals surface area (Å²) in [7, 11) is 0. The number of benzene rings is 1. The predicted octanol–water partition coefficient (Wildman–Crippen LogP) is 4.59. The van der Waals surface area contributed by atoms with Gasteiger partial charge < -0.3 is 20.9 Å². The maximum atomic E-state index is 15.5. The Kier molecular flexibility index (Phi) is 11.4. The highest BCUT2D eigenvalue weighted by Gasteiger charge is 2.39. The molecule has 3 N–H and O–H groups in total. The van der Waals surface area contributed by atoms with Crippen LogP contribution in [-0.4, -0.2) is 69.9 Å². The second-order valence-electron chi connectivity index (χ2n) is 12.5. The lowest BCUT2D eigenvalue weighted by molar-refractivity contribution is -0.142. The van der Waals surface area contributed by atoms with Crippen molar-refractivity contribution in [1.82, 2.24) is 25.8 Å². The molecule has 2 heterocycles. The first kappa shape index (κ1) is 34.9. The molecule has 1 aromatic heterocycles. The minimum absolute atomic E-state index is 0.00784. The summed E-state index contributed by atoms with van der Waals surface area (Å²) in [6.45, 7) is 6.88. The van der Waals surface area contributed by atoms with Crippen LogP contribution in [0, 0.1) is 17.7 Å². The second-order valence-corrected chi connectivity index (χ2v) is 12.5. The van der Waals surface area contributed by atoms with Gasteiger partial charge in [0.05, 0.1) is 5.69 Å². The van der Waals surface area contributed by atoms with Gasteiger partial charge >= 0.3 is 0 Å². The fraction of sp³-hybridized carbons (Fsp3) is 0.625. The number of rotatable bonds is 11. The molecule has 252 valence electrons. The number of alkyl halides is 2. The highest BCUT2D eigenvalue weighted by Crippen LogP contribution is 2.33. The van der Waals surface area contributed by atoms with Crippen LogP contribution < -0.4 is 16.0 Å². The van der Waals surface area contributed by atoms with E-state index >= 15 is 4.39 Å². The number of hydrogen-bond donors (Lipinski definition) is 3. The first-order valence-corrected chi connectivity index (χ1v) is 16.0. The van der Waals surface area contributed by atoms with Crippen LogP contribution >= 0.6 is 0 Å². The molecule has 1 aromatic carbocycles. The van der Waals surface area contributed by atoms with Crippen molar-refractivity contribution in [2.45, 2.75) is 103 Å². The van der Waals surface area contributed by atoms with Gasteiger partial charge in [0, 0.05) is 38.3 Å². The third kappa shape index (κ3) is 8.43. The lowest BCUT2D eigenvalue weighted by Gasteiger charge is -2.36. The predicted molar refractivity (Wildman–Crippen MR) is 162 cm³/mol. The minimum atomic E-state index is -2.85. The summed E-state index contributed by atoms with van der Waals surface area (Å²) >= 11 is 0. The molecular formula is C32H43F3N6O5. The largest absolute Gasteiger partial charge is 0.344 e. The topological polar surface area (TPSA) is 147 Å². The summed E-state index contributed by atoms with van der Waals surface area (Å²) in [6.07, 6.45) is 2.72. The molecule has 2 aromatic rings. The van der Waals surface area contributed by atoms with Crippen molar-refractivity contribution >= 4 is 29.3 Å². The smallest absolute Gasteiger partial charge is 0.276 e. The Balaban J connectivity index is 1.52. The van der Waals surface area contributed by atoms with Gasteiger partial charge in [0.25, 0.3) is 11.8 Å². The van der Waals surface area contributed by atoms with Gasteiger partial charge in [0.2, 0.25) is 17.7 Å². The fourth-order valence-electron chi connectivity index (χ4n) is 6.08. The van der Waals surface area contributed by atoms with Crippen molar-refractivity contribution in [1.29, 1.82) is 0 Å². The first-order valence-electron chi connectivity index (χ1n) is 16.0. The van der Waals surface area contributed by atoms with Crippen molar-refractivity contribution in [3.05, 3.63) is 41.0 Å². The molecule has 1 aliphatic heterocycles. The molecule has 2 aliphatic rings. The Bertz CT molecular complexity index is 1400. The van der Waals surface area contributed by atoms with Crippen LogP contribution in [0.2, 0.25) is 0 Å². The summed E-state index contributed by atoms with van der Waals surface area (Å²) in [5.41, 5.74) is 0.589. The zero-order chi connectivity index (χ0) is 33.6. The Morgan fingerprint density at radius 1 is 1.04 bits per heavy atom. The zero-order valence-electron chi connectivity index (χ0n) is 26.7. The number of halogens is 3. The molecule has 4 rings (SSSR count). The number of carbonyl (C=O) groups excluding carboxylic acids is 4. The van der Waals surface area contributed by atoms with Crippen LogP contribution in [0.3, 0.4) is 0 Å². The summed E-state index contributed by atoms with van der Waals surface area (Å²) in [5.74, 6) is -6.16. The van der Waals surface area contributed by atoms with E-state index in [0.29, 0.717) is 36.4 Å². The van der Waals surface area contributed by atoms with Gasteiger partial charge in [-0.2, -0.15) is 0 Å². The van der Waals surface area contributed by atoms with E-state index < -0.39 is 66.2 Å². The van der Waals surface area contributed by atoms with E-state index in [9.17, 15) is 28.0 Å². The molecule has 11 nitrogen and oxygen atoms in total. The number of nitrogens with one attached hydrogen (secondary N) is 3. The average Bonchev–Trinajstić information content (AvgIpc) is 3.52. The minimum Gasteiger partial charge on any atom is -0.344 e. The zero-order valence-corrected chi connectivity index (χ0v) is 26.7. The van der Waals surface area contributed by atoms with Crippen LogP contribution in [0.5, 0.6) is 0 Å². The molecule has 2 fully saturated rings. The van der Waals surface area contributed by atoms with Crippen molar-refractivity contribution in [2.24, 2.45) is 11.8 Å². The SMILES string of the molecule is CCC(=O)N[C@@H](C(=O)N1CCC(F)(F)CC1)[C@@H](C)c1ccc(NC(=O)[C@@H](NC(=O)c2nonc2CC)C2CCC(C)CC2)c(F)c1. The third-order valence-electron chi connectivity index (χ3n) is 9.19. The van der Waals surface area contributed by atoms with Gasteiger partial charge in [-0.25, -0.2) is 17.8 Å². The second kappa shape index (κ2) is 15.1. The van der Waals surface area contributed by atoms with Gasteiger partial charge in [-0.3, -0.25) is 19.2 Å². The Labute approximate surface area is 266 Å². The average molecular weight is 649 g/mol. The van der Waals surface area contributed by atoms with Gasteiger partial charge in [0.1, 0.15) is 23.6 Å². The molecular weight excluding hydrogens is 605 g/mol. The van der Waals surface area contributed by atoms with Gasteiger partial charge in [-0.15, -0.1) is 0 Å². The molecule has 3 atom stereocenters. The van der Waals surface area contributed by atoms with E-state index in [1.165, 1.54) is 23.1 Å². The van der Waals surface area contributed by atoms with Crippen molar-refractivity contribution in [3.8, 4) is 0 Å². The number of piperidine rings is 1. The lowest BCUT2D eigenvalue weighted by atomic mass is 9.79. The summed E-state index contributed by atoms with van der Waals surface area (Å²) in [4.78, 5) is 53.7. The number of nitrogens with zero attached hydrogens (tertiary/aromatic N) is 3. The van der Waals surface area contributed by atoms with Crippen LogP contribution in [-0.2, 0) is 20.8 Å². The standard InChI is InChI=1S/C32H43F3N6O5/c1-5-23-28(40-46-39-23)30(44)38-27(20-9-7-18(3)8-10-20)29(43)36-24-12-11-21(17-22(24)33)19(4)26(37-25(42)6-2)31(45)41-15-13-32(34,35)14-16-41/h11-12,17-20,26-27H,5-10,13-16H2,1-4H3,(H,36,43)(H,37,42)(H,38,44)/t18?,19-,20?,26+,27-/m0/s1. The van der Waals surface area contributed by atoms with Gasteiger partial charge in [-0.05, 0) is 54.0 Å². The molecule has 1 saturated carbocycles. The Morgan fingerprint density at radius 2 is 1.72 bits per heavy atom. The van der Waals surface area contributed by atoms with Crippen LogP contribution in [0.4, 0.5) is 18.9 Å². The fourth-order valence-corrected chi connectivity index (χ4v) is 6.08. The van der Waals surface area contributed by atoms with Crippen LogP contribution in [0.15, 0.2) is 22.8 Å². The molecule has 0 radical (unpaired) electrons. The van der Waals surface area contributed by atoms with Crippen molar-refractivity contribution < 1.29 is 37.0 Å². The highest BCUT2D eigenvalue weighted by molar-refractivity contribution is 6.01. The van der Waals surface area contributed by atoms with E-state index in [1.807, 2.05) is 0 Å². The van der Waals surface area contributed by atoms with E-state index in [-0.39, 0.29) is 36.8 Å². The van der Waals surface area contributed by atoms with E-state index in [0.717, 1.165) is 12.8 Å². The summed E-state index contributed by atoms with van der Waals surface area (Å²) < 4.78 is 47.7. The van der Waals surface area contributed by atoms with Gasteiger partial charge in [0.15, 0.2) is 5.69 Å². The number of carbonyl (C=O) groups is 4. The number of aryl methyl sites for hydroxylation is 1. The highest BCUT2D eigenvalue weighted by atomic mass is 19.3. The Morgan fingerprint density at radius 3 is 2.33 bits per heavy atom. The van der Waals surface area contributed by atoms with Crippen molar-refractivity contribution in [3.63, 3.8) is 0 Å². The molecule has 4 amide bonds. The quantitative estimate of drug-likeness (QED) is 0.323. The first-order chi connectivity index (χ1) is 21.8. The number of amides is 4. The van der Waals surface area contributed by atoms with E-state index in [4.69, 9.17) is 4.63 Å². The summed E-state index contributed by atoms with van der Waals surface area (Å²) in [6, 6.07) is 2.00. The molecule has 0 spiro atoms.